The maximum Gasteiger partial charge on any atom is 0.234 e. The molecule has 1 saturated heterocycles. The summed E-state index contributed by atoms with van der Waals surface area (Å²) in [6, 6.07) is 29.2. The van der Waals surface area contributed by atoms with Crippen LogP contribution in [-0.2, 0) is 4.79 Å². The summed E-state index contributed by atoms with van der Waals surface area (Å²) in [5.41, 5.74) is 3.67. The molecular formula is C27H30ClN3O. The molecule has 32 heavy (non-hydrogen) atoms. The molecule has 1 amide bonds. The molecule has 0 spiro atoms. The van der Waals surface area contributed by atoms with Crippen molar-refractivity contribution in [3.63, 3.8) is 0 Å². The molecule has 0 aromatic heterocycles. The van der Waals surface area contributed by atoms with Gasteiger partial charge in [-0.1, -0.05) is 84.4 Å². The van der Waals surface area contributed by atoms with Gasteiger partial charge in [-0.2, -0.15) is 0 Å². The lowest BCUT2D eigenvalue weighted by Gasteiger charge is -2.39. The van der Waals surface area contributed by atoms with Gasteiger partial charge in [0.25, 0.3) is 0 Å². The Morgan fingerprint density at radius 2 is 1.34 bits per heavy atom. The van der Waals surface area contributed by atoms with E-state index in [0.717, 1.165) is 31.7 Å². The van der Waals surface area contributed by atoms with E-state index in [1.54, 1.807) is 0 Å². The van der Waals surface area contributed by atoms with Gasteiger partial charge in [0.2, 0.25) is 5.91 Å². The van der Waals surface area contributed by atoms with Gasteiger partial charge in [0.05, 0.1) is 18.6 Å². The molecule has 1 N–H and O–H groups in total. The second kappa shape index (κ2) is 10.8. The summed E-state index contributed by atoms with van der Waals surface area (Å²) in [7, 11) is 0. The van der Waals surface area contributed by atoms with Gasteiger partial charge in [-0.15, -0.1) is 0 Å². The Morgan fingerprint density at radius 1 is 0.812 bits per heavy atom. The van der Waals surface area contributed by atoms with Crippen molar-refractivity contribution in [1.82, 2.24) is 15.1 Å². The van der Waals surface area contributed by atoms with Crippen molar-refractivity contribution >= 4 is 17.5 Å². The van der Waals surface area contributed by atoms with Crippen LogP contribution in [-0.4, -0.2) is 48.4 Å². The average Bonchev–Trinajstić information content (AvgIpc) is 2.82. The molecule has 4 rings (SSSR count). The fraction of sp³-hybridized carbons (Fsp3) is 0.296. The molecule has 1 heterocycles. The molecule has 5 heteroatoms. The number of carbonyl (C=O) groups is 1. The Bertz CT molecular complexity index is 947. The summed E-state index contributed by atoms with van der Waals surface area (Å²) in [6.45, 7) is 6.03. The van der Waals surface area contributed by atoms with Crippen LogP contribution in [0.5, 0.6) is 0 Å². The summed E-state index contributed by atoms with van der Waals surface area (Å²) in [6.07, 6.45) is 0. The normalized spacial score (nSPS) is 16.1. The highest BCUT2D eigenvalue weighted by Gasteiger charge is 2.27. The molecule has 1 aliphatic rings. The molecule has 0 saturated carbocycles. The van der Waals surface area contributed by atoms with Crippen molar-refractivity contribution in [2.24, 2.45) is 0 Å². The lowest BCUT2D eigenvalue weighted by atomic mass is 9.96. The van der Waals surface area contributed by atoms with Crippen LogP contribution >= 0.6 is 11.6 Å². The summed E-state index contributed by atoms with van der Waals surface area (Å²) >= 11 is 5.97. The van der Waals surface area contributed by atoms with E-state index in [4.69, 9.17) is 11.6 Å². The maximum atomic E-state index is 12.6. The lowest BCUT2D eigenvalue weighted by molar-refractivity contribution is -0.123. The zero-order chi connectivity index (χ0) is 22.3. The monoisotopic (exact) mass is 447 g/mol. The molecule has 4 nitrogen and oxygen atoms in total. The van der Waals surface area contributed by atoms with Crippen LogP contribution in [0.3, 0.4) is 0 Å². The molecule has 3 aromatic carbocycles. The second-order valence-electron chi connectivity index (χ2n) is 8.38. The third-order valence-electron chi connectivity index (χ3n) is 6.12. The standard InChI is InChI=1S/C27H30ClN3O/c1-21(22-12-14-25(28)15-13-22)29-26(32)20-30-16-18-31(19-17-30)27(23-8-4-2-5-9-23)24-10-6-3-7-11-24/h2-15,21,27H,16-20H2,1H3,(H,29,32)/t21-/m1/s1. The average molecular weight is 448 g/mol. The SMILES string of the molecule is C[C@@H](NC(=O)CN1CCN(C(c2ccccc2)c2ccccc2)CC1)c1ccc(Cl)cc1. The van der Waals surface area contributed by atoms with Gasteiger partial charge in [0, 0.05) is 31.2 Å². The Morgan fingerprint density at radius 3 is 1.88 bits per heavy atom. The Hall–Kier alpha value is -2.66. The molecule has 0 radical (unpaired) electrons. The predicted octanol–water partition coefficient (Wildman–Crippen LogP) is 4.92. The van der Waals surface area contributed by atoms with Crippen LogP contribution in [0.25, 0.3) is 0 Å². The molecule has 0 bridgehead atoms. The first-order chi connectivity index (χ1) is 15.6. The summed E-state index contributed by atoms with van der Waals surface area (Å²) < 4.78 is 0. The number of amides is 1. The quantitative estimate of drug-likeness (QED) is 0.558. The number of nitrogens with zero attached hydrogens (tertiary/aromatic N) is 2. The zero-order valence-corrected chi connectivity index (χ0v) is 19.2. The lowest BCUT2D eigenvalue weighted by Crippen LogP contribution is -2.50. The van der Waals surface area contributed by atoms with Gasteiger partial charge < -0.3 is 5.32 Å². The van der Waals surface area contributed by atoms with Crippen LogP contribution < -0.4 is 5.32 Å². The zero-order valence-electron chi connectivity index (χ0n) is 18.5. The van der Waals surface area contributed by atoms with Crippen molar-refractivity contribution in [1.29, 1.82) is 0 Å². The van der Waals surface area contributed by atoms with Crippen molar-refractivity contribution in [3.05, 3.63) is 107 Å². The number of halogens is 1. The van der Waals surface area contributed by atoms with Gasteiger partial charge in [0.1, 0.15) is 0 Å². The fourth-order valence-corrected chi connectivity index (χ4v) is 4.52. The molecule has 1 aliphatic heterocycles. The van der Waals surface area contributed by atoms with Gasteiger partial charge in [-0.3, -0.25) is 14.6 Å². The molecule has 0 unspecified atom stereocenters. The number of piperazine rings is 1. The number of hydrogen-bond donors (Lipinski definition) is 1. The molecule has 0 aliphatic carbocycles. The molecule has 1 fully saturated rings. The van der Waals surface area contributed by atoms with Gasteiger partial charge in [-0.25, -0.2) is 0 Å². The maximum absolute atomic E-state index is 12.6. The third-order valence-corrected chi connectivity index (χ3v) is 6.37. The van der Waals surface area contributed by atoms with Crippen LogP contribution in [0.4, 0.5) is 0 Å². The number of rotatable bonds is 7. The van der Waals surface area contributed by atoms with Crippen molar-refractivity contribution in [3.8, 4) is 0 Å². The van der Waals surface area contributed by atoms with Crippen LogP contribution in [0.2, 0.25) is 5.02 Å². The van der Waals surface area contributed by atoms with Crippen LogP contribution in [0.1, 0.15) is 35.7 Å². The van der Waals surface area contributed by atoms with Crippen LogP contribution in [0, 0.1) is 0 Å². The smallest absolute Gasteiger partial charge is 0.234 e. The number of nitrogens with one attached hydrogen (secondary N) is 1. The minimum Gasteiger partial charge on any atom is -0.348 e. The highest BCUT2D eigenvalue weighted by atomic mass is 35.5. The summed E-state index contributed by atoms with van der Waals surface area (Å²) in [4.78, 5) is 17.4. The number of carbonyl (C=O) groups excluding carboxylic acids is 1. The largest absolute Gasteiger partial charge is 0.348 e. The Kier molecular flexibility index (Phi) is 7.59. The summed E-state index contributed by atoms with van der Waals surface area (Å²) in [5.74, 6) is 0.0589. The number of hydrogen-bond acceptors (Lipinski definition) is 3. The van der Waals surface area contributed by atoms with E-state index in [9.17, 15) is 4.79 Å². The molecule has 1 atom stereocenters. The molecule has 166 valence electrons. The summed E-state index contributed by atoms with van der Waals surface area (Å²) in [5, 5.41) is 3.81. The fourth-order valence-electron chi connectivity index (χ4n) is 4.39. The van der Waals surface area contributed by atoms with Gasteiger partial charge >= 0.3 is 0 Å². The van der Waals surface area contributed by atoms with E-state index in [2.05, 4.69) is 75.8 Å². The van der Waals surface area contributed by atoms with E-state index < -0.39 is 0 Å². The van der Waals surface area contributed by atoms with Gasteiger partial charge in [0.15, 0.2) is 0 Å². The van der Waals surface area contributed by atoms with Crippen molar-refractivity contribution in [2.45, 2.75) is 19.0 Å². The van der Waals surface area contributed by atoms with E-state index in [0.29, 0.717) is 11.6 Å². The molecule has 3 aromatic rings. The second-order valence-corrected chi connectivity index (χ2v) is 8.81. The van der Waals surface area contributed by atoms with Crippen LogP contribution in [0.15, 0.2) is 84.9 Å². The first-order valence-corrected chi connectivity index (χ1v) is 11.6. The topological polar surface area (TPSA) is 35.6 Å². The molecular weight excluding hydrogens is 418 g/mol. The Labute approximate surface area is 195 Å². The van der Waals surface area contributed by atoms with Crippen molar-refractivity contribution in [2.75, 3.05) is 32.7 Å². The first-order valence-electron chi connectivity index (χ1n) is 11.2. The van der Waals surface area contributed by atoms with E-state index in [1.807, 2.05) is 31.2 Å². The van der Waals surface area contributed by atoms with Gasteiger partial charge in [-0.05, 0) is 35.7 Å². The predicted molar refractivity (Wildman–Crippen MR) is 131 cm³/mol. The Balaban J connectivity index is 1.34. The number of benzene rings is 3. The van der Waals surface area contributed by atoms with E-state index in [1.165, 1.54) is 11.1 Å². The minimum atomic E-state index is -0.0402. The van der Waals surface area contributed by atoms with Crippen molar-refractivity contribution < 1.29 is 4.79 Å². The highest BCUT2D eigenvalue weighted by molar-refractivity contribution is 6.30. The minimum absolute atomic E-state index is 0.0402. The van der Waals surface area contributed by atoms with E-state index >= 15 is 0 Å². The highest BCUT2D eigenvalue weighted by Crippen LogP contribution is 2.29. The third kappa shape index (κ3) is 5.77. The van der Waals surface area contributed by atoms with E-state index in [-0.39, 0.29) is 18.0 Å². The first kappa shape index (κ1) is 22.5.